The number of carboxylic acids is 1. The molecule has 60 heavy (non-hydrogen) atoms. The molecule has 1 aromatic rings. The van der Waals surface area contributed by atoms with Crippen LogP contribution in [0.5, 0.6) is 0 Å². The van der Waals surface area contributed by atoms with Crippen LogP contribution >= 0.6 is 0 Å². The topological polar surface area (TPSA) is 309 Å². The smallest absolute Gasteiger partial charge is 0.330 e. The van der Waals surface area contributed by atoms with Crippen LogP contribution in [0.3, 0.4) is 0 Å². The van der Waals surface area contributed by atoms with Crippen molar-refractivity contribution in [1.82, 2.24) is 30.4 Å². The third-order valence-corrected chi connectivity index (χ3v) is 9.72. The highest BCUT2D eigenvalue weighted by molar-refractivity contribution is 5.91. The van der Waals surface area contributed by atoms with Crippen LogP contribution in [0.15, 0.2) is 20.9 Å². The summed E-state index contributed by atoms with van der Waals surface area (Å²) in [7, 11) is 0. The van der Waals surface area contributed by atoms with E-state index in [1.807, 2.05) is 0 Å². The van der Waals surface area contributed by atoms with Gasteiger partial charge in [-0.25, -0.2) is 4.79 Å². The number of ether oxygens (including phenoxy) is 3. The molecule has 0 aliphatic carbocycles. The van der Waals surface area contributed by atoms with Gasteiger partial charge in [-0.1, -0.05) is 64.7 Å². The maximum absolute atomic E-state index is 13.0. The number of hydrogen-bond donors (Lipinski definition) is 6. The third-order valence-electron chi connectivity index (χ3n) is 9.72. The zero-order chi connectivity index (χ0) is 44.5. The van der Waals surface area contributed by atoms with E-state index in [9.17, 15) is 43.2 Å². The van der Waals surface area contributed by atoms with Crippen molar-refractivity contribution < 1.29 is 52.9 Å². The summed E-state index contributed by atoms with van der Waals surface area (Å²) in [6.45, 7) is 3.39. The van der Waals surface area contributed by atoms with E-state index >= 15 is 0 Å². The number of amides is 3. The van der Waals surface area contributed by atoms with E-state index in [4.69, 9.17) is 24.8 Å². The van der Waals surface area contributed by atoms with Crippen molar-refractivity contribution in [1.29, 1.82) is 5.53 Å². The normalized spacial score (nSPS) is 16.8. The molecule has 0 aromatic carbocycles. The third kappa shape index (κ3) is 19.9. The van der Waals surface area contributed by atoms with Gasteiger partial charge >= 0.3 is 23.6 Å². The lowest BCUT2D eigenvalue weighted by Crippen LogP contribution is -2.48. The van der Waals surface area contributed by atoms with Crippen molar-refractivity contribution in [3.8, 4) is 0 Å². The highest BCUT2D eigenvalue weighted by Crippen LogP contribution is 2.30. The Balaban J connectivity index is 1.85. The number of carbonyl (C=O) groups is 7. The molecule has 334 valence electrons. The van der Waals surface area contributed by atoms with Gasteiger partial charge in [0.25, 0.3) is 5.56 Å². The number of aryl methyl sites for hydroxylation is 1. The lowest BCUT2D eigenvalue weighted by Gasteiger charge is -2.19. The van der Waals surface area contributed by atoms with Gasteiger partial charge in [0.15, 0.2) is 11.8 Å². The second-order valence-electron chi connectivity index (χ2n) is 14.8. The molecule has 0 saturated carbocycles. The Hall–Kier alpha value is -5.56. The van der Waals surface area contributed by atoms with E-state index < -0.39 is 96.1 Å². The minimum absolute atomic E-state index is 0.0111. The Kier molecular flexibility index (Phi) is 23.6. The highest BCUT2D eigenvalue weighted by atomic mass is 16.6. The first-order valence-corrected chi connectivity index (χ1v) is 20.6. The number of aromatic nitrogens is 2. The first-order chi connectivity index (χ1) is 28.6. The quantitative estimate of drug-likeness (QED) is 0.0280. The number of Topliss-reactive ketones (excluding diaryl/α,β-unsaturated/α-hetero) is 1. The Morgan fingerprint density at radius 2 is 1.57 bits per heavy atom. The second-order valence-corrected chi connectivity index (χ2v) is 14.8. The Morgan fingerprint density at radius 3 is 2.20 bits per heavy atom. The highest BCUT2D eigenvalue weighted by Gasteiger charge is 2.41. The fraction of sp³-hybridized carbons (Fsp3) is 0.718. The predicted octanol–water partition coefficient (Wildman–Crippen LogP) is 2.16. The van der Waals surface area contributed by atoms with Crippen LogP contribution in [-0.2, 0) is 47.8 Å². The van der Waals surface area contributed by atoms with Gasteiger partial charge in [-0.05, 0) is 26.2 Å². The number of esters is 2. The molecule has 0 radical (unpaired) electrons. The molecule has 21 heteroatoms. The Bertz CT molecular complexity index is 1770. The van der Waals surface area contributed by atoms with Crippen LogP contribution in [0.2, 0.25) is 0 Å². The molecule has 1 fully saturated rings. The molecule has 2 heterocycles. The first-order valence-electron chi connectivity index (χ1n) is 20.6. The molecule has 1 aliphatic heterocycles. The zero-order valence-electron chi connectivity index (χ0n) is 34.8. The van der Waals surface area contributed by atoms with Gasteiger partial charge < -0.3 is 35.3 Å². The lowest BCUT2D eigenvalue weighted by molar-refractivity contribution is -0.149. The Morgan fingerprint density at radius 1 is 0.917 bits per heavy atom. The van der Waals surface area contributed by atoms with Gasteiger partial charge in [-0.15, -0.1) is 0 Å². The van der Waals surface area contributed by atoms with Gasteiger partial charge in [0.05, 0.1) is 0 Å². The van der Waals surface area contributed by atoms with E-state index in [1.54, 1.807) is 0 Å². The fourth-order valence-electron chi connectivity index (χ4n) is 6.43. The van der Waals surface area contributed by atoms with Crippen LogP contribution in [0, 0.1) is 12.5 Å². The number of carbonyl (C=O) groups excluding carboxylic acids is 6. The summed E-state index contributed by atoms with van der Waals surface area (Å²) in [4.78, 5) is 116. The van der Waals surface area contributed by atoms with Crippen molar-refractivity contribution in [2.45, 2.75) is 160 Å². The monoisotopic (exact) mass is 849 g/mol. The maximum atomic E-state index is 13.0. The van der Waals surface area contributed by atoms with Gasteiger partial charge in [0, 0.05) is 50.8 Å². The number of unbranched alkanes of at least 4 members (excludes halogenated alkanes) is 9. The second kappa shape index (κ2) is 28.0. The van der Waals surface area contributed by atoms with Gasteiger partial charge in [0.1, 0.15) is 54.8 Å². The van der Waals surface area contributed by atoms with E-state index in [0.717, 1.165) is 23.8 Å². The van der Waals surface area contributed by atoms with Crippen molar-refractivity contribution in [2.75, 3.05) is 19.8 Å². The van der Waals surface area contributed by atoms with E-state index in [-0.39, 0.29) is 57.3 Å². The molecule has 6 N–H and O–H groups in total. The van der Waals surface area contributed by atoms with Crippen molar-refractivity contribution in [3.63, 3.8) is 0 Å². The molecule has 0 spiro atoms. The van der Waals surface area contributed by atoms with Gasteiger partial charge in [-0.2, -0.15) is 0 Å². The van der Waals surface area contributed by atoms with Crippen LogP contribution in [0.4, 0.5) is 0 Å². The summed E-state index contributed by atoms with van der Waals surface area (Å²) >= 11 is 0. The molecule has 3 amide bonds. The molecule has 0 unspecified atom stereocenters. The number of carboxylic acid groups (broad SMARTS) is 1. The van der Waals surface area contributed by atoms with E-state index in [2.05, 4.69) is 37.9 Å². The van der Waals surface area contributed by atoms with Crippen LogP contribution in [0.1, 0.15) is 135 Å². The fourth-order valence-corrected chi connectivity index (χ4v) is 6.43. The summed E-state index contributed by atoms with van der Waals surface area (Å²) in [5.41, 5.74) is 6.07. The Labute approximate surface area is 347 Å². The number of aromatic amines is 1. The lowest BCUT2D eigenvalue weighted by atomic mass is 10.1. The molecule has 21 nitrogen and oxygen atoms in total. The number of H-pyrrole nitrogens is 1. The number of nitrogens with one attached hydrogen (secondary N) is 5. The first kappa shape index (κ1) is 50.6. The van der Waals surface area contributed by atoms with Crippen molar-refractivity contribution in [2.24, 2.45) is 5.11 Å². The summed E-state index contributed by atoms with van der Waals surface area (Å²) in [6, 6.07) is -3.28. The van der Waals surface area contributed by atoms with Crippen LogP contribution in [0.25, 0.3) is 0 Å². The van der Waals surface area contributed by atoms with E-state index in [1.165, 1.54) is 58.6 Å². The van der Waals surface area contributed by atoms with Crippen LogP contribution < -0.4 is 32.1 Å². The van der Waals surface area contributed by atoms with Crippen molar-refractivity contribution in [3.05, 3.63) is 32.6 Å². The number of nitrogens with zero attached hydrogens (tertiary/aromatic N) is 3. The van der Waals surface area contributed by atoms with Gasteiger partial charge in [-0.3, -0.25) is 47.9 Å². The molecular formula is C39H61N8O13+. The predicted molar refractivity (Wildman–Crippen MR) is 212 cm³/mol. The summed E-state index contributed by atoms with van der Waals surface area (Å²) in [5, 5.41) is 19.8. The molecule has 1 aromatic heterocycles. The summed E-state index contributed by atoms with van der Waals surface area (Å²) in [5.74, 6) is -5.23. The van der Waals surface area contributed by atoms with Crippen LogP contribution in [-0.4, -0.2) is 100 Å². The molecule has 5 atom stereocenters. The largest absolute Gasteiger partial charge is 0.480 e. The molecular weight excluding hydrogens is 788 g/mol. The minimum Gasteiger partial charge on any atom is -0.480 e. The zero-order valence-corrected chi connectivity index (χ0v) is 34.8. The number of aliphatic carboxylic acids is 1. The number of ketones is 1. The summed E-state index contributed by atoms with van der Waals surface area (Å²) < 4.78 is 17.6. The maximum Gasteiger partial charge on any atom is 0.330 e. The average Bonchev–Trinajstić information content (AvgIpc) is 3.60. The SMILES string of the molecule is CCCCCCCCCCCCC(=O)OC[C@H](NC(C)=O)C(=O)CCCC(=O)N[C@@H](CCC(=O)OC[C@H]1O[C@@H](n2cc(C)c(=O)[nH]c2=O)C[C@@H]1N=[N+]=N)C(=O)NCC(=O)O. The molecule has 0 bridgehead atoms. The number of rotatable bonds is 30. The average molecular weight is 850 g/mol. The molecule has 1 saturated heterocycles. The molecule has 2 rings (SSSR count). The molecule has 1 aliphatic rings. The standard InChI is InChI=1S/C39H60N8O13/c1-4-5-6-7-8-9-10-11-12-13-17-35(53)58-23-29(42-26(3)48)30(49)15-14-16-32(50)43-27(38(56)41-21-34(51)52)18-19-36(54)59-24-31-28(45-46-40)20-33(60-31)47-22-25(2)37(55)44-39(47)57/h22,27-29,31,33,40H,4-21,23-24H2,1-3H3,(H4-,41,42,43,44,48,50,51,52,55,56,57)/p+1/t27-,28-,29-,31+,33+/m0/s1. The van der Waals surface area contributed by atoms with E-state index in [0.29, 0.717) is 6.42 Å². The van der Waals surface area contributed by atoms with Crippen molar-refractivity contribution >= 4 is 41.4 Å². The number of hydrogen-bond acceptors (Lipinski definition) is 14. The summed E-state index contributed by atoms with van der Waals surface area (Å²) in [6.07, 6.45) is 9.60. The van der Waals surface area contributed by atoms with Gasteiger partial charge in [0.2, 0.25) is 22.6 Å². The minimum atomic E-state index is -1.37.